The van der Waals surface area contributed by atoms with Gasteiger partial charge in [0.25, 0.3) is 0 Å². The van der Waals surface area contributed by atoms with E-state index in [2.05, 4.69) is 16.8 Å². The first-order valence-corrected chi connectivity index (χ1v) is 5.72. The van der Waals surface area contributed by atoms with Gasteiger partial charge < -0.3 is 9.84 Å². The average Bonchev–Trinajstić information content (AvgIpc) is 2.86. The molecular weight excluding hydrogens is 244 g/mol. The normalized spacial score (nSPS) is 10.2. The van der Waals surface area contributed by atoms with Crippen LogP contribution < -0.4 is 4.74 Å². The van der Waals surface area contributed by atoms with E-state index in [1.54, 1.807) is 0 Å². The molecule has 0 aliphatic carbocycles. The smallest absolute Gasteiger partial charge is 0.353 e. The number of ether oxygens (including phenoxy) is 1. The van der Waals surface area contributed by atoms with Crippen molar-refractivity contribution >= 4 is 5.97 Å². The number of nitrogens with zero attached hydrogens (tertiary/aromatic N) is 1. The highest BCUT2D eigenvalue weighted by Gasteiger charge is 2.09. The van der Waals surface area contributed by atoms with Gasteiger partial charge in [-0.25, -0.2) is 4.79 Å². The Morgan fingerprint density at radius 1 is 1.47 bits per heavy atom. The third kappa shape index (κ3) is 3.22. The molecule has 2 aromatic rings. The molecule has 2 rings (SSSR count). The molecule has 19 heavy (non-hydrogen) atoms. The van der Waals surface area contributed by atoms with Crippen molar-refractivity contribution in [2.75, 3.05) is 6.61 Å². The Kier molecular flexibility index (Phi) is 3.66. The maximum atomic E-state index is 10.8. The molecule has 1 aromatic heterocycles. The molecule has 0 atom stereocenters. The van der Waals surface area contributed by atoms with E-state index in [4.69, 9.17) is 9.84 Å². The second-order valence-corrected chi connectivity index (χ2v) is 4.25. The molecule has 1 aromatic carbocycles. The van der Waals surface area contributed by atoms with Crippen LogP contribution in [0.3, 0.4) is 0 Å². The fourth-order valence-corrected chi connectivity index (χ4v) is 1.53. The summed E-state index contributed by atoms with van der Waals surface area (Å²) < 4.78 is 5.53. The minimum absolute atomic E-state index is 0.0586. The number of benzene rings is 1. The van der Waals surface area contributed by atoms with Crippen LogP contribution in [0.2, 0.25) is 0 Å². The Balaban J connectivity index is 2.21. The van der Waals surface area contributed by atoms with E-state index >= 15 is 0 Å². The van der Waals surface area contributed by atoms with Gasteiger partial charge in [-0.2, -0.15) is 5.10 Å². The van der Waals surface area contributed by atoms with Gasteiger partial charge in [-0.1, -0.05) is 18.7 Å². The molecule has 1 heterocycles. The summed E-state index contributed by atoms with van der Waals surface area (Å²) in [5.74, 6) is -0.339. The first kappa shape index (κ1) is 12.9. The first-order chi connectivity index (χ1) is 9.06. The Morgan fingerprint density at radius 2 is 2.26 bits per heavy atom. The number of carboxylic acid groups (broad SMARTS) is 1. The molecule has 0 aliphatic heterocycles. The van der Waals surface area contributed by atoms with Crippen molar-refractivity contribution in [1.29, 1.82) is 0 Å². The van der Waals surface area contributed by atoms with Crippen LogP contribution in [-0.4, -0.2) is 27.9 Å². The van der Waals surface area contributed by atoms with Crippen molar-refractivity contribution in [3.8, 4) is 17.0 Å². The van der Waals surface area contributed by atoms with Crippen LogP contribution >= 0.6 is 0 Å². The number of hydrogen-bond donors (Lipinski definition) is 2. The molecular formula is C14H14N2O3. The minimum Gasteiger partial charge on any atom is -0.489 e. The molecule has 0 saturated heterocycles. The topological polar surface area (TPSA) is 75.2 Å². The molecule has 5 nitrogen and oxygen atoms in total. The summed E-state index contributed by atoms with van der Waals surface area (Å²) in [6.07, 6.45) is 0. The Morgan fingerprint density at radius 3 is 2.89 bits per heavy atom. The summed E-state index contributed by atoms with van der Waals surface area (Å²) in [5, 5.41) is 15.3. The Hall–Kier alpha value is -2.56. The number of nitrogens with one attached hydrogen (secondary N) is 1. The fourth-order valence-electron chi connectivity index (χ4n) is 1.53. The van der Waals surface area contributed by atoms with Crippen LogP contribution in [0.4, 0.5) is 0 Å². The summed E-state index contributed by atoms with van der Waals surface area (Å²) in [4.78, 5) is 10.8. The summed E-state index contributed by atoms with van der Waals surface area (Å²) in [7, 11) is 0. The van der Waals surface area contributed by atoms with Gasteiger partial charge in [0.2, 0.25) is 0 Å². The monoisotopic (exact) mass is 258 g/mol. The lowest BCUT2D eigenvalue weighted by atomic mass is 10.1. The number of aromatic amines is 1. The predicted octanol–water partition coefficient (Wildman–Crippen LogP) is 2.73. The van der Waals surface area contributed by atoms with Gasteiger partial charge in [0.1, 0.15) is 18.1 Å². The summed E-state index contributed by atoms with van der Waals surface area (Å²) >= 11 is 0. The molecule has 0 spiro atoms. The average molecular weight is 258 g/mol. The predicted molar refractivity (Wildman–Crippen MR) is 71.3 cm³/mol. The zero-order chi connectivity index (χ0) is 13.8. The number of H-pyrrole nitrogens is 1. The number of aromatic carboxylic acids is 1. The number of carboxylic acids is 1. The van der Waals surface area contributed by atoms with Gasteiger partial charge >= 0.3 is 5.97 Å². The van der Waals surface area contributed by atoms with Gasteiger partial charge in [0, 0.05) is 5.56 Å². The van der Waals surface area contributed by atoms with Crippen LogP contribution in [0.15, 0.2) is 42.5 Å². The van der Waals surface area contributed by atoms with E-state index in [1.807, 2.05) is 31.2 Å². The lowest BCUT2D eigenvalue weighted by molar-refractivity contribution is 0.0690. The maximum Gasteiger partial charge on any atom is 0.353 e. The largest absolute Gasteiger partial charge is 0.489 e. The molecule has 0 fully saturated rings. The molecule has 0 saturated carbocycles. The quantitative estimate of drug-likeness (QED) is 0.808. The van der Waals surface area contributed by atoms with Crippen molar-refractivity contribution in [2.45, 2.75) is 6.92 Å². The molecule has 98 valence electrons. The zero-order valence-corrected chi connectivity index (χ0v) is 10.5. The van der Waals surface area contributed by atoms with E-state index in [1.165, 1.54) is 6.07 Å². The number of hydrogen-bond acceptors (Lipinski definition) is 3. The van der Waals surface area contributed by atoms with Crippen LogP contribution in [0.25, 0.3) is 11.3 Å². The van der Waals surface area contributed by atoms with Crippen molar-refractivity contribution in [1.82, 2.24) is 10.2 Å². The van der Waals surface area contributed by atoms with Crippen molar-refractivity contribution in [2.24, 2.45) is 0 Å². The molecule has 0 bridgehead atoms. The zero-order valence-electron chi connectivity index (χ0n) is 10.5. The maximum absolute atomic E-state index is 10.8. The van der Waals surface area contributed by atoms with Crippen LogP contribution in [0.1, 0.15) is 17.4 Å². The molecule has 0 amide bonds. The Labute approximate surface area is 110 Å². The summed E-state index contributed by atoms with van der Waals surface area (Å²) in [6.45, 7) is 6.10. The third-order valence-corrected chi connectivity index (χ3v) is 2.42. The van der Waals surface area contributed by atoms with E-state index in [-0.39, 0.29) is 5.69 Å². The van der Waals surface area contributed by atoms with Crippen LogP contribution in [0, 0.1) is 0 Å². The van der Waals surface area contributed by atoms with Crippen molar-refractivity contribution in [3.63, 3.8) is 0 Å². The minimum atomic E-state index is -1.03. The highest BCUT2D eigenvalue weighted by molar-refractivity contribution is 5.86. The van der Waals surface area contributed by atoms with Gasteiger partial charge in [0.05, 0.1) is 5.69 Å². The second-order valence-electron chi connectivity index (χ2n) is 4.25. The highest BCUT2D eigenvalue weighted by atomic mass is 16.5. The van der Waals surface area contributed by atoms with E-state index in [0.717, 1.165) is 11.1 Å². The number of rotatable bonds is 5. The molecule has 0 radical (unpaired) electrons. The summed E-state index contributed by atoms with van der Waals surface area (Å²) in [6, 6.07) is 8.80. The number of aromatic nitrogens is 2. The molecule has 0 unspecified atom stereocenters. The van der Waals surface area contributed by atoms with E-state index < -0.39 is 5.97 Å². The SMILES string of the molecule is C=C(C)COc1cccc(-c2cc(C(=O)O)[nH]n2)c1. The standard InChI is InChI=1S/C14H14N2O3/c1-9(2)8-19-11-5-3-4-10(6-11)12-7-13(14(17)18)16-15-12/h3-7H,1,8H2,2H3,(H,15,16)(H,17,18). The third-order valence-electron chi connectivity index (χ3n) is 2.42. The Bertz CT molecular complexity index is 617. The van der Waals surface area contributed by atoms with Crippen molar-refractivity contribution in [3.05, 3.63) is 48.2 Å². The summed E-state index contributed by atoms with van der Waals surface area (Å²) in [5.41, 5.74) is 2.35. The first-order valence-electron chi connectivity index (χ1n) is 5.72. The van der Waals surface area contributed by atoms with E-state index in [9.17, 15) is 4.79 Å². The van der Waals surface area contributed by atoms with E-state index in [0.29, 0.717) is 18.1 Å². The lowest BCUT2D eigenvalue weighted by Crippen LogP contribution is -1.97. The highest BCUT2D eigenvalue weighted by Crippen LogP contribution is 2.23. The van der Waals surface area contributed by atoms with Gasteiger partial charge in [-0.05, 0) is 30.7 Å². The second kappa shape index (κ2) is 5.39. The van der Waals surface area contributed by atoms with Crippen molar-refractivity contribution < 1.29 is 14.6 Å². The van der Waals surface area contributed by atoms with Gasteiger partial charge in [-0.15, -0.1) is 0 Å². The fraction of sp³-hybridized carbons (Fsp3) is 0.143. The molecule has 2 N–H and O–H groups in total. The van der Waals surface area contributed by atoms with Gasteiger partial charge in [-0.3, -0.25) is 5.10 Å². The lowest BCUT2D eigenvalue weighted by Gasteiger charge is -2.06. The molecule has 0 aliphatic rings. The van der Waals surface area contributed by atoms with Crippen LogP contribution in [-0.2, 0) is 0 Å². The molecule has 5 heteroatoms. The number of carbonyl (C=O) groups is 1. The van der Waals surface area contributed by atoms with Gasteiger partial charge in [0.15, 0.2) is 0 Å². The van der Waals surface area contributed by atoms with Crippen LogP contribution in [0.5, 0.6) is 5.75 Å².